The smallest absolute Gasteiger partial charge is 0.336 e. The molecule has 0 aliphatic heterocycles. The first-order chi connectivity index (χ1) is 9.43. The zero-order valence-electron chi connectivity index (χ0n) is 11.4. The van der Waals surface area contributed by atoms with Crippen LogP contribution in [0.3, 0.4) is 0 Å². The Kier molecular flexibility index (Phi) is 3.56. The fraction of sp³-hybridized carbons (Fsp3) is 0.214. The second-order valence-electron chi connectivity index (χ2n) is 4.35. The normalized spacial score (nSPS) is 10.3. The molecule has 6 nitrogen and oxygen atoms in total. The summed E-state index contributed by atoms with van der Waals surface area (Å²) in [5.41, 5.74) is 1.27. The zero-order valence-corrected chi connectivity index (χ0v) is 11.4. The average Bonchev–Trinajstić information content (AvgIpc) is 2.37. The van der Waals surface area contributed by atoms with E-state index in [1.54, 1.807) is 19.1 Å². The molecule has 104 valence electrons. The van der Waals surface area contributed by atoms with Gasteiger partial charge in [-0.05, 0) is 24.6 Å². The van der Waals surface area contributed by atoms with Gasteiger partial charge < -0.3 is 15.2 Å². The van der Waals surface area contributed by atoms with E-state index in [1.807, 2.05) is 0 Å². The van der Waals surface area contributed by atoms with Crippen molar-refractivity contribution in [3.8, 4) is 5.75 Å². The lowest BCUT2D eigenvalue weighted by atomic mass is 10.0. The number of fused-ring (bicyclic) bond motifs is 1. The molecule has 2 aromatic rings. The molecular formula is C14H14N2O4. The van der Waals surface area contributed by atoms with Crippen LogP contribution in [-0.4, -0.2) is 29.1 Å². The molecule has 0 saturated heterocycles. The quantitative estimate of drug-likeness (QED) is 0.895. The van der Waals surface area contributed by atoms with Crippen molar-refractivity contribution >= 4 is 28.6 Å². The highest BCUT2D eigenvalue weighted by Gasteiger charge is 2.17. The number of ether oxygens (including phenoxy) is 1. The molecule has 0 aliphatic rings. The fourth-order valence-corrected chi connectivity index (χ4v) is 2.06. The largest absolute Gasteiger partial charge is 0.494 e. The number of hydrogen-bond donors (Lipinski definition) is 2. The molecule has 0 atom stereocenters. The van der Waals surface area contributed by atoms with Gasteiger partial charge in [-0.15, -0.1) is 0 Å². The molecule has 0 bridgehead atoms. The van der Waals surface area contributed by atoms with Gasteiger partial charge in [-0.2, -0.15) is 0 Å². The number of amides is 1. The van der Waals surface area contributed by atoms with Crippen molar-refractivity contribution in [1.82, 2.24) is 4.98 Å². The van der Waals surface area contributed by atoms with Crippen molar-refractivity contribution in [2.75, 3.05) is 12.4 Å². The minimum absolute atomic E-state index is 0.0788. The van der Waals surface area contributed by atoms with E-state index in [2.05, 4.69) is 10.3 Å². The van der Waals surface area contributed by atoms with Gasteiger partial charge in [0, 0.05) is 12.3 Å². The van der Waals surface area contributed by atoms with Crippen LogP contribution in [0.1, 0.15) is 22.8 Å². The second-order valence-corrected chi connectivity index (χ2v) is 4.35. The number of pyridine rings is 1. The zero-order chi connectivity index (χ0) is 14.9. The van der Waals surface area contributed by atoms with Crippen LogP contribution in [-0.2, 0) is 4.79 Å². The van der Waals surface area contributed by atoms with Crippen LogP contribution >= 0.6 is 0 Å². The summed E-state index contributed by atoms with van der Waals surface area (Å²) in [5, 5.41) is 12.3. The molecule has 1 amide bonds. The third-order valence-corrected chi connectivity index (χ3v) is 2.89. The van der Waals surface area contributed by atoms with E-state index >= 15 is 0 Å². The summed E-state index contributed by atoms with van der Waals surface area (Å²) in [6.07, 6.45) is 0. The number of anilines is 1. The van der Waals surface area contributed by atoms with Crippen LogP contribution in [0, 0.1) is 6.92 Å². The summed E-state index contributed by atoms with van der Waals surface area (Å²) in [4.78, 5) is 26.8. The Morgan fingerprint density at radius 1 is 1.35 bits per heavy atom. The number of carbonyl (C=O) groups is 2. The molecule has 0 aliphatic carbocycles. The predicted molar refractivity (Wildman–Crippen MR) is 74.3 cm³/mol. The van der Waals surface area contributed by atoms with Crippen molar-refractivity contribution < 1.29 is 19.4 Å². The van der Waals surface area contributed by atoms with Crippen LogP contribution in [0.5, 0.6) is 5.75 Å². The van der Waals surface area contributed by atoms with Gasteiger partial charge in [0.15, 0.2) is 0 Å². The Balaban J connectivity index is 2.84. The SMILES string of the molecule is COc1ccc(C)c2c(C(=O)O)cc(NC(C)=O)nc12. The number of carboxylic acid groups (broad SMARTS) is 1. The van der Waals surface area contributed by atoms with E-state index in [9.17, 15) is 14.7 Å². The van der Waals surface area contributed by atoms with Crippen LogP contribution in [0.25, 0.3) is 10.9 Å². The predicted octanol–water partition coefficient (Wildman–Crippen LogP) is 2.21. The molecule has 0 fully saturated rings. The molecule has 0 spiro atoms. The van der Waals surface area contributed by atoms with E-state index in [0.29, 0.717) is 16.7 Å². The van der Waals surface area contributed by atoms with Gasteiger partial charge in [0.2, 0.25) is 5.91 Å². The molecule has 0 unspecified atom stereocenters. The minimum atomic E-state index is -1.08. The number of nitrogens with zero attached hydrogens (tertiary/aromatic N) is 1. The van der Waals surface area contributed by atoms with E-state index < -0.39 is 5.97 Å². The van der Waals surface area contributed by atoms with Crippen molar-refractivity contribution in [3.05, 3.63) is 29.3 Å². The lowest BCUT2D eigenvalue weighted by Crippen LogP contribution is -2.10. The third kappa shape index (κ3) is 2.40. The summed E-state index contributed by atoms with van der Waals surface area (Å²) in [6.45, 7) is 3.13. The van der Waals surface area contributed by atoms with Crippen LogP contribution in [0.15, 0.2) is 18.2 Å². The van der Waals surface area contributed by atoms with E-state index in [0.717, 1.165) is 5.56 Å². The molecule has 0 radical (unpaired) electrons. The van der Waals surface area contributed by atoms with Gasteiger partial charge in [0.1, 0.15) is 17.1 Å². The summed E-state index contributed by atoms with van der Waals surface area (Å²) >= 11 is 0. The Hall–Kier alpha value is -2.63. The standard InChI is InChI=1S/C14H14N2O4/c1-7-4-5-10(20-3)13-12(7)9(14(18)19)6-11(16-13)15-8(2)17/h4-6H,1-3H3,(H,18,19)(H,15,16,17). The molecule has 2 rings (SSSR count). The van der Waals surface area contributed by atoms with Gasteiger partial charge in [-0.3, -0.25) is 4.79 Å². The van der Waals surface area contributed by atoms with Crippen molar-refractivity contribution in [2.45, 2.75) is 13.8 Å². The summed E-state index contributed by atoms with van der Waals surface area (Å²) in [5.74, 6) is -0.758. The lowest BCUT2D eigenvalue weighted by Gasteiger charge is -2.12. The molecule has 6 heteroatoms. The molecular weight excluding hydrogens is 260 g/mol. The average molecular weight is 274 g/mol. The molecule has 1 aromatic carbocycles. The van der Waals surface area contributed by atoms with Crippen LogP contribution in [0.2, 0.25) is 0 Å². The van der Waals surface area contributed by atoms with Gasteiger partial charge in [0.05, 0.1) is 12.7 Å². The highest BCUT2D eigenvalue weighted by molar-refractivity contribution is 6.07. The van der Waals surface area contributed by atoms with Gasteiger partial charge in [-0.25, -0.2) is 9.78 Å². The van der Waals surface area contributed by atoms with Crippen LogP contribution in [0.4, 0.5) is 5.82 Å². The van der Waals surface area contributed by atoms with E-state index in [4.69, 9.17) is 4.74 Å². The first-order valence-corrected chi connectivity index (χ1v) is 5.93. The van der Waals surface area contributed by atoms with Gasteiger partial charge in [0.25, 0.3) is 0 Å². The summed E-state index contributed by atoms with van der Waals surface area (Å²) < 4.78 is 5.21. The maximum atomic E-state index is 11.4. The summed E-state index contributed by atoms with van der Waals surface area (Å²) in [7, 11) is 1.48. The number of aryl methyl sites for hydroxylation is 1. The molecule has 1 aromatic heterocycles. The monoisotopic (exact) mass is 274 g/mol. The number of aromatic carboxylic acids is 1. The van der Waals surface area contributed by atoms with E-state index in [-0.39, 0.29) is 17.3 Å². The number of rotatable bonds is 3. The topological polar surface area (TPSA) is 88.5 Å². The maximum absolute atomic E-state index is 11.4. The maximum Gasteiger partial charge on any atom is 0.336 e. The number of hydrogen-bond acceptors (Lipinski definition) is 4. The second kappa shape index (κ2) is 5.16. The van der Waals surface area contributed by atoms with Crippen molar-refractivity contribution in [1.29, 1.82) is 0 Å². The molecule has 2 N–H and O–H groups in total. The molecule has 20 heavy (non-hydrogen) atoms. The summed E-state index contributed by atoms with van der Waals surface area (Å²) in [6, 6.07) is 4.83. The lowest BCUT2D eigenvalue weighted by molar-refractivity contribution is -0.114. The number of benzene rings is 1. The van der Waals surface area contributed by atoms with E-state index in [1.165, 1.54) is 20.1 Å². The Morgan fingerprint density at radius 2 is 2.05 bits per heavy atom. The van der Waals surface area contributed by atoms with Crippen LogP contribution < -0.4 is 10.1 Å². The Labute approximate surface area is 115 Å². The van der Waals surface area contributed by atoms with Crippen molar-refractivity contribution in [3.63, 3.8) is 0 Å². The number of aromatic nitrogens is 1. The first-order valence-electron chi connectivity index (χ1n) is 5.93. The molecule has 1 heterocycles. The highest BCUT2D eigenvalue weighted by Crippen LogP contribution is 2.31. The first kappa shape index (κ1) is 13.8. The number of methoxy groups -OCH3 is 1. The fourth-order valence-electron chi connectivity index (χ4n) is 2.06. The minimum Gasteiger partial charge on any atom is -0.494 e. The Bertz CT molecular complexity index is 710. The van der Waals surface area contributed by atoms with Gasteiger partial charge in [-0.1, -0.05) is 6.07 Å². The Morgan fingerprint density at radius 3 is 2.60 bits per heavy atom. The number of carbonyl (C=O) groups excluding carboxylic acids is 1. The third-order valence-electron chi connectivity index (χ3n) is 2.89. The number of carboxylic acids is 1. The van der Waals surface area contributed by atoms with Crippen molar-refractivity contribution in [2.24, 2.45) is 0 Å². The number of nitrogens with one attached hydrogen (secondary N) is 1. The van der Waals surface area contributed by atoms with Gasteiger partial charge >= 0.3 is 5.97 Å². The highest BCUT2D eigenvalue weighted by atomic mass is 16.5. The molecule has 0 saturated carbocycles.